The predicted molar refractivity (Wildman–Crippen MR) is 79.3 cm³/mol. The fourth-order valence-electron chi connectivity index (χ4n) is 2.77. The molecule has 5 heteroatoms. The van der Waals surface area contributed by atoms with Gasteiger partial charge < -0.3 is 14.4 Å². The Morgan fingerprint density at radius 1 is 1.43 bits per heavy atom. The number of β-amino-alcohol motifs (C(OH)–C–C–N with tert-alkyl or cyclic N) is 1. The smallest absolute Gasteiger partial charge is 0.257 e. The van der Waals surface area contributed by atoms with Gasteiger partial charge in [0, 0.05) is 18.0 Å². The Morgan fingerprint density at radius 2 is 2.29 bits per heavy atom. The molecule has 1 saturated heterocycles. The standard InChI is InChI=1S/C16H16ClNO3/c17-14-3-1-2-12(8-14)9-16(20)5-6-18(11-16)15(19)13-4-7-21-10-13/h1-4,7-8,10,20H,5-6,9,11H2. The average molecular weight is 306 g/mol. The summed E-state index contributed by atoms with van der Waals surface area (Å²) in [5.74, 6) is -0.106. The second-order valence-corrected chi connectivity index (χ2v) is 5.96. The molecule has 1 aliphatic rings. The Kier molecular flexibility index (Phi) is 3.74. The quantitative estimate of drug-likeness (QED) is 0.948. The zero-order valence-electron chi connectivity index (χ0n) is 11.5. The Labute approximate surface area is 127 Å². The zero-order valence-corrected chi connectivity index (χ0v) is 12.2. The van der Waals surface area contributed by atoms with E-state index in [4.69, 9.17) is 16.0 Å². The lowest BCUT2D eigenvalue weighted by molar-refractivity contribution is 0.0445. The van der Waals surface area contributed by atoms with Crippen LogP contribution < -0.4 is 0 Å². The highest BCUT2D eigenvalue weighted by Gasteiger charge is 2.38. The minimum Gasteiger partial charge on any atom is -0.472 e. The number of hydrogen-bond acceptors (Lipinski definition) is 3. The fraction of sp³-hybridized carbons (Fsp3) is 0.312. The molecule has 4 nitrogen and oxygen atoms in total. The summed E-state index contributed by atoms with van der Waals surface area (Å²) < 4.78 is 4.93. The Morgan fingerprint density at radius 3 is 3.00 bits per heavy atom. The molecule has 1 N–H and O–H groups in total. The number of carbonyl (C=O) groups excluding carboxylic acids is 1. The molecule has 110 valence electrons. The average Bonchev–Trinajstić information content (AvgIpc) is 3.08. The van der Waals surface area contributed by atoms with Gasteiger partial charge in [0.25, 0.3) is 5.91 Å². The van der Waals surface area contributed by atoms with Crippen molar-refractivity contribution in [2.45, 2.75) is 18.4 Å². The number of amides is 1. The van der Waals surface area contributed by atoms with Gasteiger partial charge in [-0.05, 0) is 30.2 Å². The topological polar surface area (TPSA) is 53.7 Å². The molecule has 1 aromatic heterocycles. The molecule has 21 heavy (non-hydrogen) atoms. The van der Waals surface area contributed by atoms with Crippen LogP contribution >= 0.6 is 11.6 Å². The van der Waals surface area contributed by atoms with E-state index in [1.807, 2.05) is 18.2 Å². The van der Waals surface area contributed by atoms with Crippen molar-refractivity contribution in [3.63, 3.8) is 0 Å². The third-order valence-electron chi connectivity index (χ3n) is 3.81. The molecule has 0 radical (unpaired) electrons. The van der Waals surface area contributed by atoms with Crippen LogP contribution in [0.15, 0.2) is 47.3 Å². The van der Waals surface area contributed by atoms with Gasteiger partial charge in [-0.15, -0.1) is 0 Å². The van der Waals surface area contributed by atoms with Crippen molar-refractivity contribution in [2.75, 3.05) is 13.1 Å². The fourth-order valence-corrected chi connectivity index (χ4v) is 2.98. The van der Waals surface area contributed by atoms with E-state index >= 15 is 0 Å². The summed E-state index contributed by atoms with van der Waals surface area (Å²) in [5.41, 5.74) is 0.592. The summed E-state index contributed by atoms with van der Waals surface area (Å²) in [7, 11) is 0. The van der Waals surface area contributed by atoms with Crippen LogP contribution in [0.1, 0.15) is 22.3 Å². The largest absolute Gasteiger partial charge is 0.472 e. The minimum atomic E-state index is -0.899. The molecule has 0 saturated carbocycles. The summed E-state index contributed by atoms with van der Waals surface area (Å²) in [6, 6.07) is 9.09. The van der Waals surface area contributed by atoms with Crippen LogP contribution in [-0.4, -0.2) is 34.6 Å². The molecule has 2 heterocycles. The van der Waals surface area contributed by atoms with Crippen LogP contribution in [0.4, 0.5) is 0 Å². The van der Waals surface area contributed by atoms with Crippen LogP contribution in [-0.2, 0) is 6.42 Å². The number of likely N-dealkylation sites (tertiary alicyclic amines) is 1. The summed E-state index contributed by atoms with van der Waals surface area (Å²) in [6.45, 7) is 0.866. The lowest BCUT2D eigenvalue weighted by Crippen LogP contribution is -2.37. The molecule has 1 fully saturated rings. The summed E-state index contributed by atoms with van der Waals surface area (Å²) in [5, 5.41) is 11.3. The summed E-state index contributed by atoms with van der Waals surface area (Å²) in [4.78, 5) is 13.9. The van der Waals surface area contributed by atoms with Gasteiger partial charge in [0.15, 0.2) is 0 Å². The van der Waals surface area contributed by atoms with Gasteiger partial charge in [0.05, 0.1) is 24.0 Å². The summed E-state index contributed by atoms with van der Waals surface area (Å²) >= 11 is 5.97. The van der Waals surface area contributed by atoms with Crippen LogP contribution in [0.3, 0.4) is 0 Å². The van der Waals surface area contributed by atoms with E-state index in [0.29, 0.717) is 36.5 Å². The maximum Gasteiger partial charge on any atom is 0.257 e. The first-order valence-corrected chi connectivity index (χ1v) is 7.22. The maximum atomic E-state index is 12.2. The molecular formula is C16H16ClNO3. The molecule has 1 amide bonds. The van der Waals surface area contributed by atoms with Gasteiger partial charge in [-0.25, -0.2) is 0 Å². The van der Waals surface area contributed by atoms with Crippen molar-refractivity contribution < 1.29 is 14.3 Å². The van der Waals surface area contributed by atoms with E-state index in [1.165, 1.54) is 12.5 Å². The first-order valence-electron chi connectivity index (χ1n) is 6.84. The second kappa shape index (κ2) is 5.54. The minimum absolute atomic E-state index is 0.106. The van der Waals surface area contributed by atoms with E-state index in [1.54, 1.807) is 17.0 Å². The third-order valence-corrected chi connectivity index (χ3v) is 4.04. The van der Waals surface area contributed by atoms with Crippen molar-refractivity contribution in [2.24, 2.45) is 0 Å². The van der Waals surface area contributed by atoms with Crippen LogP contribution in [0.2, 0.25) is 5.02 Å². The molecule has 1 aliphatic heterocycles. The van der Waals surface area contributed by atoms with E-state index in [2.05, 4.69) is 0 Å². The van der Waals surface area contributed by atoms with E-state index in [-0.39, 0.29) is 5.91 Å². The van der Waals surface area contributed by atoms with Crippen molar-refractivity contribution in [1.29, 1.82) is 0 Å². The molecule has 0 bridgehead atoms. The van der Waals surface area contributed by atoms with Crippen molar-refractivity contribution >= 4 is 17.5 Å². The number of rotatable bonds is 3. The van der Waals surface area contributed by atoms with Crippen molar-refractivity contribution in [3.8, 4) is 0 Å². The zero-order chi connectivity index (χ0) is 14.9. The lowest BCUT2D eigenvalue weighted by Gasteiger charge is -2.23. The number of furan rings is 1. The molecular weight excluding hydrogens is 290 g/mol. The number of halogens is 1. The number of hydrogen-bond donors (Lipinski definition) is 1. The molecule has 3 rings (SSSR count). The van der Waals surface area contributed by atoms with Crippen molar-refractivity contribution in [1.82, 2.24) is 4.90 Å². The van der Waals surface area contributed by atoms with Gasteiger partial charge >= 0.3 is 0 Å². The Balaban J connectivity index is 1.69. The van der Waals surface area contributed by atoms with E-state index < -0.39 is 5.60 Å². The molecule has 1 unspecified atom stereocenters. The van der Waals surface area contributed by atoms with E-state index in [9.17, 15) is 9.90 Å². The SMILES string of the molecule is O=C(c1ccoc1)N1CCC(O)(Cc2cccc(Cl)c2)C1. The third kappa shape index (κ3) is 3.12. The highest BCUT2D eigenvalue weighted by molar-refractivity contribution is 6.30. The molecule has 0 spiro atoms. The van der Waals surface area contributed by atoms with E-state index in [0.717, 1.165) is 5.56 Å². The normalized spacial score (nSPS) is 21.7. The predicted octanol–water partition coefficient (Wildman–Crippen LogP) is 2.75. The van der Waals surface area contributed by atoms with Crippen LogP contribution in [0, 0.1) is 0 Å². The monoisotopic (exact) mass is 305 g/mol. The van der Waals surface area contributed by atoms with Gasteiger partial charge in [-0.1, -0.05) is 23.7 Å². The number of aliphatic hydroxyl groups is 1. The van der Waals surface area contributed by atoms with Crippen LogP contribution in [0.5, 0.6) is 0 Å². The summed E-state index contributed by atoms with van der Waals surface area (Å²) in [6.07, 6.45) is 3.95. The molecule has 1 aromatic carbocycles. The Bertz CT molecular complexity index is 641. The van der Waals surface area contributed by atoms with Crippen molar-refractivity contribution in [3.05, 3.63) is 59.0 Å². The lowest BCUT2D eigenvalue weighted by atomic mass is 9.94. The Hall–Kier alpha value is -1.78. The first kappa shape index (κ1) is 14.2. The molecule has 0 aliphatic carbocycles. The van der Waals surface area contributed by atoms with Gasteiger partial charge in [0.2, 0.25) is 0 Å². The number of carbonyl (C=O) groups is 1. The molecule has 1 atom stereocenters. The number of benzene rings is 1. The van der Waals surface area contributed by atoms with Gasteiger partial charge in [-0.3, -0.25) is 4.79 Å². The van der Waals surface area contributed by atoms with Gasteiger partial charge in [-0.2, -0.15) is 0 Å². The maximum absolute atomic E-state index is 12.2. The number of nitrogens with zero attached hydrogens (tertiary/aromatic N) is 1. The first-order chi connectivity index (χ1) is 10.1. The van der Waals surface area contributed by atoms with Gasteiger partial charge in [0.1, 0.15) is 6.26 Å². The second-order valence-electron chi connectivity index (χ2n) is 5.52. The molecule has 2 aromatic rings. The van der Waals surface area contributed by atoms with Crippen LogP contribution in [0.25, 0.3) is 0 Å². The highest BCUT2D eigenvalue weighted by atomic mass is 35.5. The highest BCUT2D eigenvalue weighted by Crippen LogP contribution is 2.27.